The average molecular weight is 361 g/mol. The maximum Gasteiger partial charge on any atom is 3.00 e. The Balaban J connectivity index is -0.000000245. The third-order valence-electron chi connectivity index (χ3n) is 2.20. The van der Waals surface area contributed by atoms with Gasteiger partial charge in [-0.15, -0.1) is 0 Å². The fraction of sp³-hybridized carbons (Fsp3) is 0.500. The van der Waals surface area contributed by atoms with Gasteiger partial charge in [0.15, 0.2) is 0 Å². The van der Waals surface area contributed by atoms with Crippen LogP contribution in [0.5, 0.6) is 0 Å². The molecular formula is C12H27N3OPRu. The van der Waals surface area contributed by atoms with Crippen LogP contribution in [-0.4, -0.2) is 25.4 Å². The van der Waals surface area contributed by atoms with E-state index in [9.17, 15) is 0 Å². The SMILES string of the molecule is [CH3-].[CH3-].[CH3-].[NH-][NH+](CCOP)CCC1=NC=CCC1.[Ru+3]. The Morgan fingerprint density at radius 1 is 1.33 bits per heavy atom. The van der Waals surface area contributed by atoms with Crippen molar-refractivity contribution in [3.63, 3.8) is 0 Å². The van der Waals surface area contributed by atoms with Gasteiger partial charge in [-0.3, -0.25) is 4.99 Å². The van der Waals surface area contributed by atoms with Crippen LogP contribution >= 0.6 is 9.47 Å². The Labute approximate surface area is 128 Å². The molecule has 0 saturated heterocycles. The van der Waals surface area contributed by atoms with Crippen molar-refractivity contribution in [2.24, 2.45) is 4.99 Å². The largest absolute Gasteiger partial charge is 3.00 e. The summed E-state index contributed by atoms with van der Waals surface area (Å²) in [5.74, 6) is 7.65. The Bertz CT molecular complexity index is 225. The minimum Gasteiger partial charge on any atom is -0.469 e. The van der Waals surface area contributed by atoms with Crippen molar-refractivity contribution in [3.8, 4) is 0 Å². The van der Waals surface area contributed by atoms with Gasteiger partial charge in [0.1, 0.15) is 0 Å². The number of nitrogens with one attached hydrogen (secondary N) is 2. The first-order chi connectivity index (χ1) is 6.83. The quantitative estimate of drug-likeness (QED) is 0.335. The van der Waals surface area contributed by atoms with Crippen LogP contribution in [-0.2, 0) is 24.0 Å². The number of nitrogens with zero attached hydrogens (tertiary/aromatic N) is 1. The molecule has 1 heterocycles. The maximum absolute atomic E-state index is 7.65. The summed E-state index contributed by atoms with van der Waals surface area (Å²) in [6.07, 6.45) is 7.04. The zero-order chi connectivity index (χ0) is 10.2. The smallest absolute Gasteiger partial charge is 0.469 e. The molecule has 1 aliphatic rings. The second-order valence-corrected chi connectivity index (χ2v) is 3.68. The summed E-state index contributed by atoms with van der Waals surface area (Å²) in [4.78, 5) is 4.29. The molecular weight excluding hydrogens is 334 g/mol. The molecule has 2 atom stereocenters. The zero-order valence-electron chi connectivity index (χ0n) is 11.7. The van der Waals surface area contributed by atoms with Crippen LogP contribution < -0.4 is 5.01 Å². The minimum absolute atomic E-state index is 0. The molecule has 0 spiro atoms. The third-order valence-corrected chi connectivity index (χ3v) is 2.43. The summed E-state index contributed by atoms with van der Waals surface area (Å²) < 4.78 is 4.84. The fourth-order valence-electron chi connectivity index (χ4n) is 1.34. The van der Waals surface area contributed by atoms with Crippen molar-refractivity contribution in [1.82, 2.24) is 0 Å². The van der Waals surface area contributed by atoms with Gasteiger partial charge in [0.25, 0.3) is 0 Å². The summed E-state index contributed by atoms with van der Waals surface area (Å²) in [6.45, 7) is 2.17. The molecule has 0 aliphatic carbocycles. The number of hydrogen-bond donors (Lipinski definition) is 1. The Hall–Kier alpha value is 0.343. The first-order valence-corrected chi connectivity index (χ1v) is 5.38. The summed E-state index contributed by atoms with van der Waals surface area (Å²) in [5, 5.41) is 0.754. The molecule has 0 fully saturated rings. The molecule has 6 heteroatoms. The van der Waals surface area contributed by atoms with Gasteiger partial charge in [-0.2, -0.15) is 0 Å². The van der Waals surface area contributed by atoms with Crippen molar-refractivity contribution in [3.05, 3.63) is 40.4 Å². The topological polar surface area (TPSA) is 49.8 Å². The molecule has 2 unspecified atom stereocenters. The molecule has 0 bridgehead atoms. The summed E-state index contributed by atoms with van der Waals surface area (Å²) in [5.41, 5.74) is 1.23. The summed E-state index contributed by atoms with van der Waals surface area (Å²) in [7, 11) is 2.21. The second-order valence-electron chi connectivity index (χ2n) is 3.34. The molecule has 1 aliphatic heterocycles. The zero-order valence-corrected chi connectivity index (χ0v) is 14.6. The van der Waals surface area contributed by atoms with Crippen LogP contribution in [0.1, 0.15) is 19.3 Å². The number of rotatable bonds is 6. The molecule has 0 saturated carbocycles. The summed E-state index contributed by atoms with van der Waals surface area (Å²) >= 11 is 0. The van der Waals surface area contributed by atoms with Crippen molar-refractivity contribution >= 4 is 15.2 Å². The predicted molar refractivity (Wildman–Crippen MR) is 80.3 cm³/mol. The number of aliphatic imine (C=N–C) groups is 1. The van der Waals surface area contributed by atoms with Crippen molar-refractivity contribution < 1.29 is 29.0 Å². The predicted octanol–water partition coefficient (Wildman–Crippen LogP) is 2.13. The Morgan fingerprint density at radius 2 is 2.00 bits per heavy atom. The Kier molecular flexibility index (Phi) is 25.8. The van der Waals surface area contributed by atoms with E-state index in [4.69, 9.17) is 10.4 Å². The van der Waals surface area contributed by atoms with Crippen molar-refractivity contribution in [2.45, 2.75) is 19.3 Å². The van der Waals surface area contributed by atoms with E-state index in [0.717, 1.165) is 37.4 Å². The second kappa shape index (κ2) is 17.3. The normalized spacial score (nSPS) is 14.0. The van der Waals surface area contributed by atoms with Gasteiger partial charge in [-0.1, -0.05) is 6.08 Å². The monoisotopic (exact) mass is 362 g/mol. The maximum atomic E-state index is 7.65. The van der Waals surface area contributed by atoms with E-state index in [2.05, 4.69) is 20.5 Å². The molecule has 0 aromatic rings. The van der Waals surface area contributed by atoms with Crippen LogP contribution in [0.4, 0.5) is 0 Å². The van der Waals surface area contributed by atoms with Gasteiger partial charge in [0, 0.05) is 27.8 Å². The molecule has 18 heavy (non-hydrogen) atoms. The van der Waals surface area contributed by atoms with Gasteiger partial charge < -0.3 is 37.7 Å². The molecule has 109 valence electrons. The van der Waals surface area contributed by atoms with Crippen molar-refractivity contribution in [1.29, 1.82) is 0 Å². The van der Waals surface area contributed by atoms with E-state index in [-0.39, 0.29) is 41.8 Å². The standard InChI is InChI=1S/C9H18N3OP.3CH3.Ru/c10-12(7-8-13-14)6-4-9-3-1-2-5-11-9;;;;/h2,5,10,12H,1,3-4,6-8,14H2;3*1H3;/q;3*-1;+3. The minimum atomic E-state index is 0. The van der Waals surface area contributed by atoms with Gasteiger partial charge in [-0.25, -0.2) is 0 Å². The first-order valence-electron chi connectivity index (χ1n) is 4.91. The molecule has 4 nitrogen and oxygen atoms in total. The summed E-state index contributed by atoms with van der Waals surface area (Å²) in [6, 6.07) is 0. The molecule has 2 N–H and O–H groups in total. The van der Waals surface area contributed by atoms with E-state index in [1.807, 2.05) is 6.20 Å². The third kappa shape index (κ3) is 12.8. The molecule has 0 aromatic heterocycles. The van der Waals surface area contributed by atoms with Crippen LogP contribution in [0.3, 0.4) is 0 Å². The molecule has 0 amide bonds. The average Bonchev–Trinajstić information content (AvgIpc) is 2.25. The van der Waals surface area contributed by atoms with Gasteiger partial charge in [0.05, 0.1) is 19.7 Å². The van der Waals surface area contributed by atoms with Gasteiger partial charge in [-0.05, 0) is 12.8 Å². The van der Waals surface area contributed by atoms with Crippen LogP contribution in [0.15, 0.2) is 17.3 Å². The van der Waals surface area contributed by atoms with E-state index in [1.54, 1.807) is 0 Å². The molecule has 1 rings (SSSR count). The van der Waals surface area contributed by atoms with Crippen molar-refractivity contribution in [2.75, 3.05) is 19.7 Å². The van der Waals surface area contributed by atoms with Gasteiger partial charge >= 0.3 is 19.5 Å². The first kappa shape index (κ1) is 26.8. The van der Waals surface area contributed by atoms with E-state index < -0.39 is 0 Å². The van der Waals surface area contributed by atoms with Gasteiger partial charge in [0.2, 0.25) is 0 Å². The van der Waals surface area contributed by atoms with E-state index >= 15 is 0 Å². The number of allylic oxidation sites excluding steroid dienone is 1. The Morgan fingerprint density at radius 3 is 2.50 bits per heavy atom. The van der Waals surface area contributed by atoms with E-state index in [0.29, 0.717) is 6.61 Å². The fourth-order valence-corrected chi connectivity index (χ4v) is 1.46. The molecule has 0 aromatic carbocycles. The van der Waals surface area contributed by atoms with E-state index in [1.165, 1.54) is 5.71 Å². The number of hydrogen-bond acceptors (Lipinski definition) is 2. The van der Waals surface area contributed by atoms with Crippen LogP contribution in [0.2, 0.25) is 0 Å². The number of quaternary nitrogens is 1. The van der Waals surface area contributed by atoms with Crippen LogP contribution in [0, 0.1) is 22.3 Å². The molecule has 1 radical (unpaired) electrons. The van der Waals surface area contributed by atoms with Crippen LogP contribution in [0.25, 0.3) is 5.84 Å².